The molecule has 72 valence electrons. The van der Waals surface area contributed by atoms with Gasteiger partial charge in [-0.25, -0.2) is 9.67 Å². The van der Waals surface area contributed by atoms with Crippen LogP contribution in [0.2, 0.25) is 0 Å². The van der Waals surface area contributed by atoms with Crippen molar-refractivity contribution >= 4 is 0 Å². The van der Waals surface area contributed by atoms with E-state index in [1.165, 1.54) is 0 Å². The van der Waals surface area contributed by atoms with Gasteiger partial charge in [0.25, 0.3) is 0 Å². The second-order valence-corrected chi connectivity index (χ2v) is 2.99. The third-order valence-electron chi connectivity index (χ3n) is 1.83. The van der Waals surface area contributed by atoms with Gasteiger partial charge in [-0.15, -0.1) is 5.10 Å². The van der Waals surface area contributed by atoms with Crippen LogP contribution in [0.4, 0.5) is 0 Å². The smallest absolute Gasteiger partial charge is 0.155 e. The average molecular weight is 190 g/mol. The van der Waals surface area contributed by atoms with Crippen LogP contribution in [-0.4, -0.2) is 25.1 Å². The fourth-order valence-corrected chi connectivity index (χ4v) is 1.11. The number of hydrogen-bond donors (Lipinski definition) is 1. The number of hydrogen-bond acceptors (Lipinski definition) is 4. The van der Waals surface area contributed by atoms with Crippen molar-refractivity contribution in [3.05, 3.63) is 35.8 Å². The summed E-state index contributed by atoms with van der Waals surface area (Å²) in [6.07, 6.45) is 3.41. The molecular formula is C9H10N4O. The summed E-state index contributed by atoms with van der Waals surface area (Å²) in [5.74, 6) is 0.697. The molecule has 14 heavy (non-hydrogen) atoms. The molecule has 5 heteroatoms. The molecule has 2 aromatic rings. The maximum Gasteiger partial charge on any atom is 0.155 e. The summed E-state index contributed by atoms with van der Waals surface area (Å²) in [6, 6.07) is 3.60. The zero-order valence-electron chi connectivity index (χ0n) is 7.75. The summed E-state index contributed by atoms with van der Waals surface area (Å²) < 4.78 is 1.59. The van der Waals surface area contributed by atoms with E-state index in [4.69, 9.17) is 5.11 Å². The first-order chi connectivity index (χ1) is 6.79. The SMILES string of the molecule is Cc1cn(-c2ccc(CO)cn2)nn1. The molecule has 2 aromatic heterocycles. The van der Waals surface area contributed by atoms with E-state index in [0.717, 1.165) is 11.3 Å². The summed E-state index contributed by atoms with van der Waals surface area (Å²) in [4.78, 5) is 4.13. The lowest BCUT2D eigenvalue weighted by Crippen LogP contribution is -1.98. The van der Waals surface area contributed by atoms with Gasteiger partial charge >= 0.3 is 0 Å². The predicted molar refractivity (Wildman–Crippen MR) is 49.8 cm³/mol. The molecule has 0 aromatic carbocycles. The third kappa shape index (κ3) is 1.62. The number of aryl methyl sites for hydroxylation is 1. The van der Waals surface area contributed by atoms with Crippen molar-refractivity contribution in [2.45, 2.75) is 13.5 Å². The highest BCUT2D eigenvalue weighted by Crippen LogP contribution is 2.04. The van der Waals surface area contributed by atoms with Crippen molar-refractivity contribution in [1.82, 2.24) is 20.0 Å². The van der Waals surface area contributed by atoms with Gasteiger partial charge in [0, 0.05) is 6.20 Å². The molecule has 0 aliphatic rings. The molecule has 0 bridgehead atoms. The molecule has 0 unspecified atom stereocenters. The molecule has 2 rings (SSSR count). The summed E-state index contributed by atoms with van der Waals surface area (Å²) >= 11 is 0. The first kappa shape index (κ1) is 8.83. The highest BCUT2D eigenvalue weighted by molar-refractivity contribution is 5.24. The minimum absolute atomic E-state index is 0.00364. The first-order valence-electron chi connectivity index (χ1n) is 4.25. The van der Waals surface area contributed by atoms with E-state index in [1.807, 2.05) is 6.92 Å². The molecule has 2 heterocycles. The fourth-order valence-electron chi connectivity index (χ4n) is 1.11. The minimum Gasteiger partial charge on any atom is -0.392 e. The Morgan fingerprint density at radius 3 is 2.79 bits per heavy atom. The molecule has 0 radical (unpaired) electrons. The number of rotatable bonds is 2. The Hall–Kier alpha value is -1.75. The largest absolute Gasteiger partial charge is 0.392 e. The maximum atomic E-state index is 8.83. The van der Waals surface area contributed by atoms with Crippen LogP contribution in [0.25, 0.3) is 5.82 Å². The van der Waals surface area contributed by atoms with Gasteiger partial charge in [0.1, 0.15) is 0 Å². The average Bonchev–Trinajstić information content (AvgIpc) is 2.65. The molecule has 5 nitrogen and oxygen atoms in total. The molecule has 0 aliphatic carbocycles. The monoisotopic (exact) mass is 190 g/mol. The van der Waals surface area contributed by atoms with Gasteiger partial charge in [-0.3, -0.25) is 0 Å². The molecule has 0 saturated heterocycles. The Balaban J connectivity index is 2.33. The molecule has 0 amide bonds. The van der Waals surface area contributed by atoms with Crippen LogP contribution >= 0.6 is 0 Å². The standard InChI is InChI=1S/C9H10N4O/c1-7-5-13(12-11-7)9-3-2-8(6-14)4-10-9/h2-5,14H,6H2,1H3. The summed E-state index contributed by atoms with van der Waals surface area (Å²) in [5.41, 5.74) is 1.63. The summed E-state index contributed by atoms with van der Waals surface area (Å²) in [6.45, 7) is 1.87. The van der Waals surface area contributed by atoms with Crippen LogP contribution in [0.5, 0.6) is 0 Å². The zero-order chi connectivity index (χ0) is 9.97. The molecule has 0 saturated carbocycles. The molecular weight excluding hydrogens is 180 g/mol. The Morgan fingerprint density at radius 1 is 1.43 bits per heavy atom. The molecule has 0 atom stereocenters. The van der Waals surface area contributed by atoms with Gasteiger partial charge in [0.05, 0.1) is 18.5 Å². The second-order valence-electron chi connectivity index (χ2n) is 2.99. The van der Waals surface area contributed by atoms with Gasteiger partial charge in [-0.05, 0) is 18.6 Å². The van der Waals surface area contributed by atoms with E-state index in [1.54, 1.807) is 29.2 Å². The van der Waals surface area contributed by atoms with Crippen molar-refractivity contribution in [3.8, 4) is 5.82 Å². The number of aliphatic hydroxyl groups excluding tert-OH is 1. The number of aliphatic hydroxyl groups is 1. The van der Waals surface area contributed by atoms with E-state index in [2.05, 4.69) is 15.3 Å². The number of aromatic nitrogens is 4. The van der Waals surface area contributed by atoms with Crippen LogP contribution < -0.4 is 0 Å². The highest BCUT2D eigenvalue weighted by Gasteiger charge is 2.00. The zero-order valence-corrected chi connectivity index (χ0v) is 7.75. The van der Waals surface area contributed by atoms with Crippen LogP contribution in [-0.2, 0) is 6.61 Å². The predicted octanol–water partition coefficient (Wildman–Crippen LogP) is 0.463. The van der Waals surface area contributed by atoms with Gasteiger partial charge in [-0.2, -0.15) is 0 Å². The third-order valence-corrected chi connectivity index (χ3v) is 1.83. The summed E-state index contributed by atoms with van der Waals surface area (Å²) in [7, 11) is 0. The van der Waals surface area contributed by atoms with Crippen LogP contribution in [0.15, 0.2) is 24.5 Å². The Morgan fingerprint density at radius 2 is 2.29 bits per heavy atom. The Bertz CT molecular complexity index is 421. The Labute approximate surface area is 81.0 Å². The lowest BCUT2D eigenvalue weighted by molar-refractivity contribution is 0.281. The normalized spacial score (nSPS) is 10.4. The van der Waals surface area contributed by atoms with Gasteiger partial charge in [0.15, 0.2) is 5.82 Å². The fraction of sp³-hybridized carbons (Fsp3) is 0.222. The van der Waals surface area contributed by atoms with E-state index in [9.17, 15) is 0 Å². The van der Waals surface area contributed by atoms with E-state index >= 15 is 0 Å². The van der Waals surface area contributed by atoms with Crippen LogP contribution in [0.1, 0.15) is 11.3 Å². The van der Waals surface area contributed by atoms with E-state index in [0.29, 0.717) is 5.82 Å². The molecule has 0 spiro atoms. The van der Waals surface area contributed by atoms with Crippen LogP contribution in [0.3, 0.4) is 0 Å². The van der Waals surface area contributed by atoms with E-state index in [-0.39, 0.29) is 6.61 Å². The van der Waals surface area contributed by atoms with Crippen molar-refractivity contribution < 1.29 is 5.11 Å². The summed E-state index contributed by atoms with van der Waals surface area (Å²) in [5, 5.41) is 16.6. The van der Waals surface area contributed by atoms with Crippen molar-refractivity contribution in [1.29, 1.82) is 0 Å². The van der Waals surface area contributed by atoms with Crippen LogP contribution in [0, 0.1) is 6.92 Å². The minimum atomic E-state index is 0.00364. The maximum absolute atomic E-state index is 8.83. The van der Waals surface area contributed by atoms with Crippen molar-refractivity contribution in [2.24, 2.45) is 0 Å². The van der Waals surface area contributed by atoms with Gasteiger partial charge in [0.2, 0.25) is 0 Å². The lowest BCUT2D eigenvalue weighted by atomic mass is 10.3. The quantitative estimate of drug-likeness (QED) is 0.747. The molecule has 1 N–H and O–H groups in total. The van der Waals surface area contributed by atoms with E-state index < -0.39 is 0 Å². The first-order valence-corrected chi connectivity index (χ1v) is 4.25. The van der Waals surface area contributed by atoms with Crippen molar-refractivity contribution in [2.75, 3.05) is 0 Å². The Kier molecular flexibility index (Phi) is 2.24. The second kappa shape index (κ2) is 3.55. The highest BCUT2D eigenvalue weighted by atomic mass is 16.3. The van der Waals surface area contributed by atoms with Crippen molar-refractivity contribution in [3.63, 3.8) is 0 Å². The van der Waals surface area contributed by atoms with Gasteiger partial charge < -0.3 is 5.11 Å². The number of nitrogens with zero attached hydrogens (tertiary/aromatic N) is 4. The number of pyridine rings is 1. The van der Waals surface area contributed by atoms with Gasteiger partial charge in [-0.1, -0.05) is 11.3 Å². The molecule has 0 aliphatic heterocycles. The molecule has 0 fully saturated rings. The topological polar surface area (TPSA) is 63.8 Å². The lowest BCUT2D eigenvalue weighted by Gasteiger charge is -1.99.